The highest BCUT2D eigenvalue weighted by atomic mass is 16.5. The van der Waals surface area contributed by atoms with Gasteiger partial charge in [-0.25, -0.2) is 0 Å². The quantitative estimate of drug-likeness (QED) is 0.629. The molecule has 0 amide bonds. The Hall–Kier alpha value is -3.15. The molecular formula is C16H12O6. The SMILES string of the molecule is COc1c(O)c(O)cc2oc(-c3ccc(O)cc3)cc(=O)c12. The third-order valence-electron chi connectivity index (χ3n) is 3.28. The minimum absolute atomic E-state index is 0.0420. The molecule has 3 aromatic rings. The highest BCUT2D eigenvalue weighted by Gasteiger charge is 2.18. The molecule has 2 aromatic carbocycles. The molecule has 0 atom stereocenters. The summed E-state index contributed by atoms with van der Waals surface area (Å²) in [6, 6.07) is 8.53. The zero-order valence-corrected chi connectivity index (χ0v) is 11.5. The van der Waals surface area contributed by atoms with E-state index in [1.165, 1.54) is 25.3 Å². The molecular weight excluding hydrogens is 288 g/mol. The molecule has 0 saturated carbocycles. The standard InChI is InChI=1S/C16H12O6/c1-21-16-14-10(18)6-12(8-2-4-9(17)5-3-8)22-13(14)7-11(19)15(16)20/h2-7,17,19-20H,1H3. The Balaban J connectivity index is 2.32. The number of fused-ring (bicyclic) bond motifs is 1. The summed E-state index contributed by atoms with van der Waals surface area (Å²) in [5.41, 5.74) is 0.252. The van der Waals surface area contributed by atoms with E-state index in [9.17, 15) is 20.1 Å². The van der Waals surface area contributed by atoms with Gasteiger partial charge in [-0.1, -0.05) is 0 Å². The zero-order chi connectivity index (χ0) is 15.9. The third-order valence-corrected chi connectivity index (χ3v) is 3.28. The molecule has 0 unspecified atom stereocenters. The number of methoxy groups -OCH3 is 1. The van der Waals surface area contributed by atoms with E-state index < -0.39 is 16.9 Å². The van der Waals surface area contributed by atoms with Gasteiger partial charge in [0, 0.05) is 17.7 Å². The van der Waals surface area contributed by atoms with E-state index in [-0.39, 0.29) is 28.2 Å². The van der Waals surface area contributed by atoms with Crippen molar-refractivity contribution in [1.82, 2.24) is 0 Å². The molecule has 3 rings (SSSR count). The first kappa shape index (κ1) is 13.8. The van der Waals surface area contributed by atoms with Crippen LogP contribution in [0.3, 0.4) is 0 Å². The maximum Gasteiger partial charge on any atom is 0.201 e. The Labute approximate surface area is 124 Å². The lowest BCUT2D eigenvalue weighted by atomic mass is 10.1. The molecule has 0 fully saturated rings. The Morgan fingerprint density at radius 1 is 1.05 bits per heavy atom. The van der Waals surface area contributed by atoms with Crippen LogP contribution < -0.4 is 10.2 Å². The lowest BCUT2D eigenvalue weighted by Gasteiger charge is -2.09. The normalized spacial score (nSPS) is 10.8. The van der Waals surface area contributed by atoms with Gasteiger partial charge < -0.3 is 24.5 Å². The summed E-state index contributed by atoms with van der Waals surface area (Å²) in [5, 5.41) is 28.8. The van der Waals surface area contributed by atoms with Crippen LogP contribution in [0.2, 0.25) is 0 Å². The van der Waals surface area contributed by atoms with Crippen molar-refractivity contribution in [2.45, 2.75) is 0 Å². The summed E-state index contributed by atoms with van der Waals surface area (Å²) in [6.07, 6.45) is 0. The molecule has 1 heterocycles. The number of hydrogen-bond acceptors (Lipinski definition) is 6. The summed E-state index contributed by atoms with van der Waals surface area (Å²) in [4.78, 5) is 12.3. The van der Waals surface area contributed by atoms with E-state index in [0.717, 1.165) is 6.07 Å². The van der Waals surface area contributed by atoms with Gasteiger partial charge >= 0.3 is 0 Å². The minimum Gasteiger partial charge on any atom is -0.508 e. The molecule has 0 aliphatic heterocycles. The van der Waals surface area contributed by atoms with Crippen LogP contribution in [-0.4, -0.2) is 22.4 Å². The van der Waals surface area contributed by atoms with Gasteiger partial charge in [0.1, 0.15) is 22.5 Å². The van der Waals surface area contributed by atoms with Gasteiger partial charge in [-0.05, 0) is 24.3 Å². The van der Waals surface area contributed by atoms with Crippen LogP contribution in [0.4, 0.5) is 0 Å². The maximum absolute atomic E-state index is 12.3. The van der Waals surface area contributed by atoms with Gasteiger partial charge in [0.25, 0.3) is 0 Å². The zero-order valence-electron chi connectivity index (χ0n) is 11.5. The second kappa shape index (κ2) is 5.00. The average molecular weight is 300 g/mol. The van der Waals surface area contributed by atoms with Crippen molar-refractivity contribution in [3.8, 4) is 34.3 Å². The Kier molecular flexibility index (Phi) is 3.14. The summed E-state index contributed by atoms with van der Waals surface area (Å²) in [5.74, 6) is -0.739. The first-order valence-electron chi connectivity index (χ1n) is 6.37. The van der Waals surface area contributed by atoms with E-state index in [2.05, 4.69) is 0 Å². The number of rotatable bonds is 2. The van der Waals surface area contributed by atoms with E-state index >= 15 is 0 Å². The third kappa shape index (κ3) is 2.10. The highest BCUT2D eigenvalue weighted by Crippen LogP contribution is 2.41. The van der Waals surface area contributed by atoms with Crippen molar-refractivity contribution < 1.29 is 24.5 Å². The number of hydrogen-bond donors (Lipinski definition) is 3. The number of ether oxygens (including phenoxy) is 1. The number of phenols is 3. The average Bonchev–Trinajstić information content (AvgIpc) is 2.49. The van der Waals surface area contributed by atoms with Gasteiger partial charge in [-0.15, -0.1) is 0 Å². The van der Waals surface area contributed by atoms with Crippen LogP contribution >= 0.6 is 0 Å². The van der Waals surface area contributed by atoms with Gasteiger partial charge in [0.2, 0.25) is 5.75 Å². The molecule has 0 bridgehead atoms. The fourth-order valence-electron chi connectivity index (χ4n) is 2.23. The molecule has 6 heteroatoms. The van der Waals surface area contributed by atoms with Crippen molar-refractivity contribution in [3.63, 3.8) is 0 Å². The van der Waals surface area contributed by atoms with Gasteiger partial charge in [-0.2, -0.15) is 0 Å². The molecule has 0 saturated heterocycles. The predicted molar refractivity (Wildman–Crippen MR) is 79.5 cm³/mol. The summed E-state index contributed by atoms with van der Waals surface area (Å²) < 4.78 is 10.6. The Morgan fingerprint density at radius 2 is 1.73 bits per heavy atom. The molecule has 6 nitrogen and oxygen atoms in total. The minimum atomic E-state index is -0.514. The van der Waals surface area contributed by atoms with Gasteiger partial charge in [-0.3, -0.25) is 4.79 Å². The van der Waals surface area contributed by atoms with Crippen molar-refractivity contribution in [1.29, 1.82) is 0 Å². The highest BCUT2D eigenvalue weighted by molar-refractivity contribution is 5.89. The van der Waals surface area contributed by atoms with Crippen LogP contribution in [0.25, 0.3) is 22.3 Å². The Morgan fingerprint density at radius 3 is 2.36 bits per heavy atom. The Bertz CT molecular complexity index is 909. The van der Waals surface area contributed by atoms with Crippen LogP contribution in [0.15, 0.2) is 45.6 Å². The van der Waals surface area contributed by atoms with Crippen LogP contribution in [0, 0.1) is 0 Å². The molecule has 1 aromatic heterocycles. The summed E-state index contributed by atoms with van der Waals surface area (Å²) in [7, 11) is 1.28. The first-order valence-corrected chi connectivity index (χ1v) is 6.37. The largest absolute Gasteiger partial charge is 0.508 e. The molecule has 0 spiro atoms. The monoisotopic (exact) mass is 300 g/mol. The molecule has 3 N–H and O–H groups in total. The van der Waals surface area contributed by atoms with Crippen LogP contribution in [0.1, 0.15) is 0 Å². The lowest BCUT2D eigenvalue weighted by Crippen LogP contribution is -2.03. The first-order chi connectivity index (χ1) is 10.5. The smallest absolute Gasteiger partial charge is 0.201 e. The second-order valence-corrected chi connectivity index (χ2v) is 4.67. The summed E-state index contributed by atoms with van der Waals surface area (Å²) in [6.45, 7) is 0. The van der Waals surface area contributed by atoms with Crippen LogP contribution in [0.5, 0.6) is 23.0 Å². The van der Waals surface area contributed by atoms with Gasteiger partial charge in [0.05, 0.1) is 7.11 Å². The van der Waals surface area contributed by atoms with E-state index in [4.69, 9.17) is 9.15 Å². The number of benzene rings is 2. The number of aromatic hydroxyl groups is 3. The van der Waals surface area contributed by atoms with E-state index in [1.54, 1.807) is 12.1 Å². The summed E-state index contributed by atoms with van der Waals surface area (Å²) >= 11 is 0. The van der Waals surface area contributed by atoms with Gasteiger partial charge in [0.15, 0.2) is 16.9 Å². The molecule has 22 heavy (non-hydrogen) atoms. The second-order valence-electron chi connectivity index (χ2n) is 4.67. The van der Waals surface area contributed by atoms with Crippen molar-refractivity contribution in [2.75, 3.05) is 7.11 Å². The topological polar surface area (TPSA) is 100 Å². The molecule has 112 valence electrons. The molecule has 0 aliphatic rings. The van der Waals surface area contributed by atoms with Crippen molar-refractivity contribution in [3.05, 3.63) is 46.6 Å². The number of phenolic OH excluding ortho intramolecular Hbond substituents is 3. The van der Waals surface area contributed by atoms with E-state index in [0.29, 0.717) is 5.56 Å². The lowest BCUT2D eigenvalue weighted by molar-refractivity contribution is 0.353. The predicted octanol–water partition coefficient (Wildman–Crippen LogP) is 2.59. The van der Waals surface area contributed by atoms with Crippen molar-refractivity contribution >= 4 is 11.0 Å². The van der Waals surface area contributed by atoms with Crippen LogP contribution in [-0.2, 0) is 0 Å². The fourth-order valence-corrected chi connectivity index (χ4v) is 2.23. The molecule has 0 radical (unpaired) electrons. The van der Waals surface area contributed by atoms with Crippen molar-refractivity contribution in [2.24, 2.45) is 0 Å². The molecule has 0 aliphatic carbocycles. The van der Waals surface area contributed by atoms with E-state index in [1.807, 2.05) is 0 Å². The maximum atomic E-state index is 12.3. The fraction of sp³-hybridized carbons (Fsp3) is 0.0625.